The summed E-state index contributed by atoms with van der Waals surface area (Å²) >= 11 is 0. The monoisotopic (exact) mass is 361 g/mol. The number of hydrogen-bond donors (Lipinski definition) is 2. The molecule has 1 saturated heterocycles. The van der Waals surface area contributed by atoms with Crippen molar-refractivity contribution in [3.63, 3.8) is 0 Å². The van der Waals surface area contributed by atoms with Gasteiger partial charge < -0.3 is 19.8 Å². The SMILES string of the molecule is Cc1cc(CC(=O)N2C[C@H](O)C[C@H]2C(=O)NCc2ccc(F)cc2)on1. The van der Waals surface area contributed by atoms with Gasteiger partial charge in [0.15, 0.2) is 0 Å². The van der Waals surface area contributed by atoms with E-state index < -0.39 is 12.1 Å². The van der Waals surface area contributed by atoms with Crippen molar-refractivity contribution in [3.8, 4) is 0 Å². The lowest BCUT2D eigenvalue weighted by molar-refractivity contribution is -0.138. The maximum absolute atomic E-state index is 12.9. The van der Waals surface area contributed by atoms with Gasteiger partial charge in [-0.15, -0.1) is 0 Å². The zero-order valence-electron chi connectivity index (χ0n) is 14.3. The summed E-state index contributed by atoms with van der Waals surface area (Å²) in [5, 5.41) is 16.4. The maximum atomic E-state index is 12.9. The molecule has 26 heavy (non-hydrogen) atoms. The number of halogens is 1. The molecule has 1 aromatic carbocycles. The van der Waals surface area contributed by atoms with Crippen LogP contribution in [-0.2, 0) is 22.6 Å². The van der Waals surface area contributed by atoms with Gasteiger partial charge in [-0.05, 0) is 24.6 Å². The highest BCUT2D eigenvalue weighted by molar-refractivity contribution is 5.89. The first kappa shape index (κ1) is 18.1. The van der Waals surface area contributed by atoms with Crippen LogP contribution in [-0.4, -0.2) is 45.7 Å². The Labute approximate surface area is 149 Å². The van der Waals surface area contributed by atoms with Gasteiger partial charge in [-0.1, -0.05) is 17.3 Å². The van der Waals surface area contributed by atoms with Crippen molar-refractivity contribution in [2.24, 2.45) is 0 Å². The van der Waals surface area contributed by atoms with Crippen LogP contribution in [0.15, 0.2) is 34.9 Å². The third kappa shape index (κ3) is 4.26. The van der Waals surface area contributed by atoms with Gasteiger partial charge in [0.2, 0.25) is 11.8 Å². The lowest BCUT2D eigenvalue weighted by Gasteiger charge is -2.23. The molecule has 0 bridgehead atoms. The van der Waals surface area contributed by atoms with Crippen molar-refractivity contribution in [2.75, 3.05) is 6.54 Å². The quantitative estimate of drug-likeness (QED) is 0.826. The molecule has 0 saturated carbocycles. The van der Waals surface area contributed by atoms with Crippen molar-refractivity contribution in [1.82, 2.24) is 15.4 Å². The highest BCUT2D eigenvalue weighted by Gasteiger charge is 2.38. The standard InChI is InChI=1S/C18H20FN3O4/c1-11-6-15(26-21-11)8-17(24)22-10-14(23)7-16(22)18(25)20-9-12-2-4-13(19)5-3-12/h2-6,14,16,23H,7-10H2,1H3,(H,20,25)/t14-,16+/m1/s1. The maximum Gasteiger partial charge on any atom is 0.243 e. The Morgan fingerprint density at radius 1 is 1.38 bits per heavy atom. The summed E-state index contributed by atoms with van der Waals surface area (Å²) in [6.07, 6.45) is -0.594. The second kappa shape index (κ2) is 7.65. The van der Waals surface area contributed by atoms with Crippen molar-refractivity contribution < 1.29 is 23.6 Å². The molecule has 8 heteroatoms. The van der Waals surface area contributed by atoms with Gasteiger partial charge in [-0.3, -0.25) is 9.59 Å². The average Bonchev–Trinajstić information content (AvgIpc) is 3.19. The van der Waals surface area contributed by atoms with E-state index >= 15 is 0 Å². The minimum atomic E-state index is -0.753. The number of nitrogens with zero attached hydrogens (tertiary/aromatic N) is 2. The van der Waals surface area contributed by atoms with Crippen LogP contribution in [0.4, 0.5) is 4.39 Å². The summed E-state index contributed by atoms with van der Waals surface area (Å²) in [4.78, 5) is 26.3. The summed E-state index contributed by atoms with van der Waals surface area (Å²) in [6, 6.07) is 6.70. The molecule has 1 aliphatic rings. The number of carbonyl (C=O) groups is 2. The Bertz CT molecular complexity index is 790. The molecule has 1 aromatic heterocycles. The third-order valence-corrected chi connectivity index (χ3v) is 4.28. The van der Waals surface area contributed by atoms with E-state index in [0.717, 1.165) is 5.56 Å². The van der Waals surface area contributed by atoms with Crippen LogP contribution in [0, 0.1) is 12.7 Å². The molecule has 2 N–H and O–H groups in total. The fourth-order valence-electron chi connectivity index (χ4n) is 3.00. The normalized spacial score (nSPS) is 19.6. The molecule has 2 heterocycles. The predicted molar refractivity (Wildman–Crippen MR) is 89.3 cm³/mol. The van der Waals surface area contributed by atoms with E-state index in [2.05, 4.69) is 10.5 Å². The highest BCUT2D eigenvalue weighted by atomic mass is 19.1. The number of rotatable bonds is 5. The summed E-state index contributed by atoms with van der Waals surface area (Å²) in [5.74, 6) is -0.592. The first-order valence-corrected chi connectivity index (χ1v) is 8.34. The van der Waals surface area contributed by atoms with E-state index in [9.17, 15) is 19.1 Å². The number of aryl methyl sites for hydroxylation is 1. The van der Waals surface area contributed by atoms with Crippen LogP contribution >= 0.6 is 0 Å². The van der Waals surface area contributed by atoms with Gasteiger partial charge in [0.05, 0.1) is 18.2 Å². The van der Waals surface area contributed by atoms with E-state index in [1.54, 1.807) is 25.1 Å². The Kier molecular flexibility index (Phi) is 5.32. The molecule has 2 aromatic rings. The Morgan fingerprint density at radius 2 is 2.12 bits per heavy atom. The Hall–Kier alpha value is -2.74. The van der Waals surface area contributed by atoms with E-state index in [1.165, 1.54) is 17.0 Å². The number of β-amino-alcohol motifs (C(OH)–C–C–N with tert-alkyl or cyclic N) is 1. The molecule has 7 nitrogen and oxygen atoms in total. The van der Waals surface area contributed by atoms with Crippen molar-refractivity contribution >= 4 is 11.8 Å². The summed E-state index contributed by atoms with van der Waals surface area (Å²) in [7, 11) is 0. The largest absolute Gasteiger partial charge is 0.391 e. The van der Waals surface area contributed by atoms with Crippen molar-refractivity contribution in [2.45, 2.75) is 38.5 Å². The fourth-order valence-corrected chi connectivity index (χ4v) is 3.00. The smallest absolute Gasteiger partial charge is 0.243 e. The number of amides is 2. The Balaban J connectivity index is 1.61. The number of aromatic nitrogens is 1. The first-order valence-electron chi connectivity index (χ1n) is 8.34. The topological polar surface area (TPSA) is 95.7 Å². The van der Waals surface area contributed by atoms with Crippen LogP contribution in [0.2, 0.25) is 0 Å². The van der Waals surface area contributed by atoms with Gasteiger partial charge in [0.1, 0.15) is 17.6 Å². The third-order valence-electron chi connectivity index (χ3n) is 4.28. The van der Waals surface area contributed by atoms with Gasteiger partial charge >= 0.3 is 0 Å². The highest BCUT2D eigenvalue weighted by Crippen LogP contribution is 2.20. The van der Waals surface area contributed by atoms with Gasteiger partial charge in [-0.25, -0.2) is 4.39 Å². The molecule has 1 aliphatic heterocycles. The van der Waals surface area contributed by atoms with Crippen molar-refractivity contribution in [3.05, 3.63) is 53.2 Å². The second-order valence-corrected chi connectivity index (χ2v) is 6.41. The second-order valence-electron chi connectivity index (χ2n) is 6.41. The lowest BCUT2D eigenvalue weighted by atomic mass is 10.1. The summed E-state index contributed by atoms with van der Waals surface area (Å²) in [6.45, 7) is 2.07. The zero-order valence-corrected chi connectivity index (χ0v) is 14.3. The van der Waals surface area contributed by atoms with Crippen LogP contribution < -0.4 is 5.32 Å². The number of hydrogen-bond acceptors (Lipinski definition) is 5. The number of likely N-dealkylation sites (tertiary alicyclic amines) is 1. The Morgan fingerprint density at radius 3 is 2.77 bits per heavy atom. The van der Waals surface area contributed by atoms with Crippen LogP contribution in [0.1, 0.15) is 23.4 Å². The molecule has 3 rings (SSSR count). The molecular formula is C18H20FN3O4. The lowest BCUT2D eigenvalue weighted by Crippen LogP contribution is -2.46. The summed E-state index contributed by atoms with van der Waals surface area (Å²) in [5.41, 5.74) is 1.41. The number of carbonyl (C=O) groups excluding carboxylic acids is 2. The molecular weight excluding hydrogens is 341 g/mol. The molecule has 1 fully saturated rings. The minimum absolute atomic E-state index is 0.0185. The minimum Gasteiger partial charge on any atom is -0.391 e. The molecule has 2 amide bonds. The first-order chi connectivity index (χ1) is 12.4. The van der Waals surface area contributed by atoms with E-state index in [4.69, 9.17) is 4.52 Å². The molecule has 0 aliphatic carbocycles. The molecule has 0 radical (unpaired) electrons. The van der Waals surface area contributed by atoms with Gasteiger partial charge in [0, 0.05) is 25.6 Å². The number of nitrogens with one attached hydrogen (secondary N) is 1. The fraction of sp³-hybridized carbons (Fsp3) is 0.389. The van der Waals surface area contributed by atoms with Crippen LogP contribution in [0.25, 0.3) is 0 Å². The number of aliphatic hydroxyl groups is 1. The average molecular weight is 361 g/mol. The predicted octanol–water partition coefficient (Wildman–Crippen LogP) is 0.943. The van der Waals surface area contributed by atoms with Crippen molar-refractivity contribution in [1.29, 1.82) is 0 Å². The molecule has 138 valence electrons. The van der Waals surface area contributed by atoms with Gasteiger partial charge in [-0.2, -0.15) is 0 Å². The van der Waals surface area contributed by atoms with E-state index in [-0.39, 0.29) is 43.6 Å². The van der Waals surface area contributed by atoms with Gasteiger partial charge in [0.25, 0.3) is 0 Å². The molecule has 0 spiro atoms. The van der Waals surface area contributed by atoms with E-state index in [1.807, 2.05) is 0 Å². The van der Waals surface area contributed by atoms with Crippen LogP contribution in [0.5, 0.6) is 0 Å². The zero-order chi connectivity index (χ0) is 18.7. The summed E-state index contributed by atoms with van der Waals surface area (Å²) < 4.78 is 18.0. The molecule has 2 atom stereocenters. The molecule has 0 unspecified atom stereocenters. The number of aliphatic hydroxyl groups excluding tert-OH is 1. The van der Waals surface area contributed by atoms with E-state index in [0.29, 0.717) is 11.5 Å². The van der Waals surface area contributed by atoms with Crippen LogP contribution in [0.3, 0.4) is 0 Å². The number of benzene rings is 1.